The van der Waals surface area contributed by atoms with E-state index < -0.39 is 77.9 Å². The molecule has 0 aromatic heterocycles. The van der Waals surface area contributed by atoms with Gasteiger partial charge < -0.3 is 43.9 Å². The maximum atomic E-state index is 14.4. The fraction of sp³-hybridized carbons (Fsp3) is 0.731. The minimum absolute atomic E-state index is 0.0524. The first-order valence-electron chi connectivity index (χ1n) is 24.1. The molecule has 2 bridgehead atoms. The summed E-state index contributed by atoms with van der Waals surface area (Å²) in [4.78, 5) is 57.9. The van der Waals surface area contributed by atoms with Crippen LogP contribution >= 0.6 is 0 Å². The number of carbonyl (C=O) groups is 4. The van der Waals surface area contributed by atoms with E-state index in [1.54, 1.807) is 28.1 Å². The van der Waals surface area contributed by atoms with Gasteiger partial charge in [-0.05, 0) is 113 Å². The minimum atomic E-state index is -2.40. The van der Waals surface area contributed by atoms with Gasteiger partial charge in [0.05, 0.1) is 24.4 Å². The Morgan fingerprint density at radius 1 is 0.877 bits per heavy atom. The first-order chi connectivity index (χ1) is 30.7. The van der Waals surface area contributed by atoms with Crippen molar-refractivity contribution in [2.45, 2.75) is 180 Å². The van der Waals surface area contributed by atoms with Crippen LogP contribution in [0.25, 0.3) is 0 Å². The minimum Gasteiger partial charge on any atom is -0.460 e. The van der Waals surface area contributed by atoms with Crippen LogP contribution in [0.4, 0.5) is 0 Å². The number of allylic oxidation sites excluding steroid dienone is 6. The normalized spacial score (nSPS) is 40.4. The molecule has 3 aliphatic heterocycles. The summed E-state index contributed by atoms with van der Waals surface area (Å²) in [6, 6.07) is -1.06. The zero-order chi connectivity index (χ0) is 48.2. The zero-order valence-corrected chi connectivity index (χ0v) is 40.9. The quantitative estimate of drug-likeness (QED) is 0.139. The van der Waals surface area contributed by atoms with Crippen LogP contribution in [0.5, 0.6) is 0 Å². The molecule has 366 valence electrons. The summed E-state index contributed by atoms with van der Waals surface area (Å²) >= 11 is 0. The molecule has 3 N–H and O–H groups in total. The number of rotatable bonds is 6. The van der Waals surface area contributed by atoms with E-state index in [0.717, 1.165) is 17.6 Å². The third-order valence-corrected chi connectivity index (χ3v) is 14.7. The third kappa shape index (κ3) is 14.4. The SMILES string of the molecule is C=C1CC([C@H](C)CC2CC[C@@H](O)[C@H](OC)C2)OC(=O)[C@@H]2CCCCN2C(=O)C(=O)[C@]2(O)O[C@@H](CC[C@H]2C)C[C@H](OC)/C(C)=C/C=C/C=C/[C@@H](C)C[C@@H](C)C(=O)[C@H](OC)[C@@H](O)/C(C)=C/[C@H]1C. The molecule has 1 aliphatic carbocycles. The van der Waals surface area contributed by atoms with Crippen LogP contribution in [-0.2, 0) is 42.9 Å². The Bertz CT molecular complexity index is 1750. The molecule has 0 aromatic rings. The van der Waals surface area contributed by atoms with Crippen LogP contribution in [-0.4, -0.2) is 126 Å². The lowest BCUT2D eigenvalue weighted by Crippen LogP contribution is -2.61. The molecule has 3 heterocycles. The number of carbonyl (C=O) groups excluding carboxylic acids is 4. The average molecular weight is 912 g/mol. The fourth-order valence-corrected chi connectivity index (χ4v) is 10.2. The monoisotopic (exact) mass is 912 g/mol. The number of aliphatic hydroxyl groups excluding tert-OH is 2. The van der Waals surface area contributed by atoms with E-state index in [1.165, 1.54) is 12.0 Å². The van der Waals surface area contributed by atoms with E-state index in [-0.39, 0.29) is 54.9 Å². The molecule has 65 heavy (non-hydrogen) atoms. The lowest BCUT2D eigenvalue weighted by atomic mass is 9.78. The molecule has 0 aromatic carbocycles. The number of ketones is 2. The summed E-state index contributed by atoms with van der Waals surface area (Å²) < 4.78 is 29.7. The second-order valence-corrected chi connectivity index (χ2v) is 19.8. The van der Waals surface area contributed by atoms with Gasteiger partial charge in [-0.3, -0.25) is 14.4 Å². The van der Waals surface area contributed by atoms with Gasteiger partial charge in [-0.1, -0.05) is 83.2 Å². The second-order valence-electron chi connectivity index (χ2n) is 19.8. The summed E-state index contributed by atoms with van der Waals surface area (Å²) in [6.45, 7) is 17.8. The molecular formula is C52H81NO12. The molecule has 1 saturated carbocycles. The van der Waals surface area contributed by atoms with Crippen molar-refractivity contribution >= 4 is 23.4 Å². The third-order valence-electron chi connectivity index (χ3n) is 14.7. The topological polar surface area (TPSA) is 178 Å². The van der Waals surface area contributed by atoms with Crippen molar-refractivity contribution in [2.75, 3.05) is 27.9 Å². The molecule has 3 fully saturated rings. The van der Waals surface area contributed by atoms with E-state index in [2.05, 4.69) is 6.58 Å². The standard InChI is InChI=1S/C52H81NO12/c1-31-17-13-12-14-18-32(2)43(61-9)30-40-22-20-38(8)52(60,65-40)49(57)50(58)53-24-16-15-19-41(53)51(59)64-44(35(5)27-39-21-23-42(54)45(29-39)62-10)28-34(4)33(3)26-37(7)47(56)48(63-11)46(55)36(6)25-31/h12-14,17-18,26,31,33,35-36,38-45,47-48,54,56,60H,4,15-16,19-25,27-30H2,1-3,5-11H3/b14-12+,17-13+,32-18+,37-26+/t31-,33-,35-,36-,38-,39?,40+,41+,42-,43+,44?,45-,47+,48+,52-/m1/s1. The molecule has 0 spiro atoms. The molecule has 2 unspecified atom stereocenters. The van der Waals surface area contributed by atoms with Gasteiger partial charge in [0.2, 0.25) is 5.79 Å². The zero-order valence-electron chi connectivity index (χ0n) is 40.9. The highest BCUT2D eigenvalue weighted by Crippen LogP contribution is 2.38. The number of ether oxygens (including phenoxy) is 5. The van der Waals surface area contributed by atoms with Crippen LogP contribution in [0, 0.1) is 35.5 Å². The number of cyclic esters (lactones) is 1. The van der Waals surface area contributed by atoms with Gasteiger partial charge in [0.1, 0.15) is 24.4 Å². The number of methoxy groups -OCH3 is 3. The van der Waals surface area contributed by atoms with Gasteiger partial charge in [0.15, 0.2) is 5.78 Å². The Hall–Kier alpha value is -3.30. The van der Waals surface area contributed by atoms with E-state index in [4.69, 9.17) is 23.7 Å². The van der Waals surface area contributed by atoms with Gasteiger partial charge in [-0.2, -0.15) is 0 Å². The largest absolute Gasteiger partial charge is 0.460 e. The Kier molecular flexibility index (Phi) is 21.0. The Balaban J connectivity index is 1.70. The van der Waals surface area contributed by atoms with Crippen molar-refractivity contribution < 1.29 is 58.2 Å². The summed E-state index contributed by atoms with van der Waals surface area (Å²) in [5.41, 5.74) is 2.17. The number of piperidine rings is 1. The number of hydrogen-bond donors (Lipinski definition) is 3. The van der Waals surface area contributed by atoms with Gasteiger partial charge in [-0.25, -0.2) is 4.79 Å². The molecule has 13 heteroatoms. The number of nitrogens with zero attached hydrogens (tertiary/aromatic N) is 1. The van der Waals surface area contributed by atoms with E-state index in [9.17, 15) is 34.5 Å². The van der Waals surface area contributed by atoms with E-state index in [0.29, 0.717) is 63.4 Å². The van der Waals surface area contributed by atoms with Crippen molar-refractivity contribution in [3.05, 3.63) is 59.8 Å². The second kappa shape index (κ2) is 25.2. The van der Waals surface area contributed by atoms with Crippen LogP contribution in [0.2, 0.25) is 0 Å². The predicted molar refractivity (Wildman–Crippen MR) is 249 cm³/mol. The summed E-state index contributed by atoms with van der Waals surface area (Å²) in [7, 11) is 4.62. The van der Waals surface area contributed by atoms with Crippen molar-refractivity contribution in [3.63, 3.8) is 0 Å². The van der Waals surface area contributed by atoms with Crippen LogP contribution in [0.1, 0.15) is 126 Å². The summed E-state index contributed by atoms with van der Waals surface area (Å²) in [5.74, 6) is -6.60. The molecule has 4 rings (SSSR count). The average Bonchev–Trinajstić information content (AvgIpc) is 3.28. The van der Waals surface area contributed by atoms with E-state index >= 15 is 0 Å². The van der Waals surface area contributed by atoms with Crippen molar-refractivity contribution in [2.24, 2.45) is 35.5 Å². The number of hydrogen-bond acceptors (Lipinski definition) is 12. The fourth-order valence-electron chi connectivity index (χ4n) is 10.2. The molecule has 13 nitrogen and oxygen atoms in total. The molecule has 2 saturated heterocycles. The summed E-state index contributed by atoms with van der Waals surface area (Å²) in [6.07, 6.45) is 13.1. The Morgan fingerprint density at radius 3 is 2.28 bits per heavy atom. The highest BCUT2D eigenvalue weighted by atomic mass is 16.6. The van der Waals surface area contributed by atoms with Crippen LogP contribution in [0.3, 0.4) is 0 Å². The number of amides is 1. The molecule has 15 atom stereocenters. The highest BCUT2D eigenvalue weighted by Gasteiger charge is 2.53. The highest BCUT2D eigenvalue weighted by molar-refractivity contribution is 6.39. The molecular weight excluding hydrogens is 831 g/mol. The lowest BCUT2D eigenvalue weighted by Gasteiger charge is -2.42. The lowest BCUT2D eigenvalue weighted by molar-refractivity contribution is -0.265. The van der Waals surface area contributed by atoms with Crippen LogP contribution < -0.4 is 0 Å². The Morgan fingerprint density at radius 2 is 1.60 bits per heavy atom. The number of esters is 1. The first kappa shape index (κ1) is 54.3. The van der Waals surface area contributed by atoms with Gasteiger partial charge in [0.25, 0.3) is 11.7 Å². The first-order valence-corrected chi connectivity index (χ1v) is 24.1. The smallest absolute Gasteiger partial charge is 0.329 e. The predicted octanol–water partition coefficient (Wildman–Crippen LogP) is 7.17. The number of Topliss-reactive ketones (excluding diaryl/α,β-unsaturated/α-hetero) is 2. The van der Waals surface area contributed by atoms with Crippen molar-refractivity contribution in [1.82, 2.24) is 4.90 Å². The molecule has 1 amide bonds. The van der Waals surface area contributed by atoms with Crippen molar-refractivity contribution in [1.29, 1.82) is 0 Å². The van der Waals surface area contributed by atoms with Crippen LogP contribution in [0.15, 0.2) is 59.8 Å². The molecule has 0 radical (unpaired) electrons. The van der Waals surface area contributed by atoms with Gasteiger partial charge >= 0.3 is 5.97 Å². The maximum Gasteiger partial charge on any atom is 0.329 e. The number of fused-ring (bicyclic) bond motifs is 3. The van der Waals surface area contributed by atoms with E-state index in [1.807, 2.05) is 71.1 Å². The van der Waals surface area contributed by atoms with Gasteiger partial charge in [-0.15, -0.1) is 0 Å². The Labute approximate surface area is 388 Å². The van der Waals surface area contributed by atoms with Gasteiger partial charge in [0, 0.05) is 52.6 Å². The molecule has 4 aliphatic rings. The maximum absolute atomic E-state index is 14.4. The van der Waals surface area contributed by atoms with Crippen molar-refractivity contribution in [3.8, 4) is 0 Å². The number of aliphatic hydroxyl groups is 3. The summed E-state index contributed by atoms with van der Waals surface area (Å²) in [5, 5.41) is 34.0.